The van der Waals surface area contributed by atoms with Gasteiger partial charge in [0, 0.05) is 43.1 Å². The van der Waals surface area contributed by atoms with Crippen molar-refractivity contribution in [2.75, 3.05) is 36.2 Å². The number of aromatic nitrogens is 4. The minimum atomic E-state index is -1.20. The Bertz CT molecular complexity index is 964. The summed E-state index contributed by atoms with van der Waals surface area (Å²) in [6.07, 6.45) is 11.6. The quantitative estimate of drug-likeness (QED) is 0.694. The van der Waals surface area contributed by atoms with E-state index in [1.54, 1.807) is 24.8 Å². The lowest BCUT2D eigenvalue weighted by Gasteiger charge is -2.58. The first-order valence-corrected chi connectivity index (χ1v) is 12.2. The average Bonchev–Trinajstić information content (AvgIpc) is 2.64. The van der Waals surface area contributed by atoms with Crippen LogP contribution in [0.4, 0.5) is 11.8 Å². The Morgan fingerprint density at radius 1 is 1.23 bits per heavy atom. The standard InChI is InChI=1S/C20H25ClN6O2S/c1-30(29)15-9-24-18(25-17(15)26-20(12-28)3-2-4-20)27-10-19(11-27)5-13(6-19)16-22-7-14(21)8-23-16/h7-9,13,28H,2-6,10-12H2,1H3,(H,24,25,26). The molecule has 10 heteroatoms. The maximum Gasteiger partial charge on any atom is 0.227 e. The van der Waals surface area contributed by atoms with Crippen LogP contribution in [-0.2, 0) is 10.8 Å². The van der Waals surface area contributed by atoms with Crippen LogP contribution in [0.1, 0.15) is 43.8 Å². The lowest BCUT2D eigenvalue weighted by molar-refractivity contribution is 0.0582. The van der Waals surface area contributed by atoms with Crippen LogP contribution in [0.25, 0.3) is 0 Å². The van der Waals surface area contributed by atoms with Crippen molar-refractivity contribution < 1.29 is 9.32 Å². The molecule has 1 saturated heterocycles. The van der Waals surface area contributed by atoms with Gasteiger partial charge in [0.2, 0.25) is 5.95 Å². The Morgan fingerprint density at radius 2 is 1.93 bits per heavy atom. The van der Waals surface area contributed by atoms with Crippen molar-refractivity contribution in [1.29, 1.82) is 0 Å². The van der Waals surface area contributed by atoms with Crippen LogP contribution in [0.5, 0.6) is 0 Å². The fourth-order valence-corrected chi connectivity index (χ4v) is 5.52. The second-order valence-corrected chi connectivity index (χ2v) is 10.8. The van der Waals surface area contributed by atoms with Gasteiger partial charge in [0.05, 0.1) is 39.1 Å². The summed E-state index contributed by atoms with van der Waals surface area (Å²) in [6, 6.07) is 0. The van der Waals surface area contributed by atoms with Gasteiger partial charge in [0.25, 0.3) is 0 Å². The van der Waals surface area contributed by atoms with Gasteiger partial charge in [0.1, 0.15) is 11.6 Å². The van der Waals surface area contributed by atoms with Crippen LogP contribution >= 0.6 is 11.6 Å². The molecule has 1 spiro atoms. The van der Waals surface area contributed by atoms with Crippen molar-refractivity contribution in [2.24, 2.45) is 5.41 Å². The number of anilines is 2. The molecule has 2 aromatic rings. The summed E-state index contributed by atoms with van der Waals surface area (Å²) in [7, 11) is -1.20. The van der Waals surface area contributed by atoms with Crippen LogP contribution in [0.15, 0.2) is 23.5 Å². The van der Waals surface area contributed by atoms with Gasteiger partial charge in [-0.2, -0.15) is 4.98 Å². The van der Waals surface area contributed by atoms with Gasteiger partial charge in [-0.1, -0.05) is 11.6 Å². The minimum absolute atomic E-state index is 0.0448. The molecule has 0 amide bonds. The first-order chi connectivity index (χ1) is 14.4. The molecule has 1 aliphatic heterocycles. The number of aliphatic hydroxyl groups is 1. The van der Waals surface area contributed by atoms with Gasteiger partial charge in [-0.3, -0.25) is 4.21 Å². The smallest absolute Gasteiger partial charge is 0.227 e. The zero-order chi connectivity index (χ0) is 20.9. The van der Waals surface area contributed by atoms with E-state index >= 15 is 0 Å². The Labute approximate surface area is 183 Å². The van der Waals surface area contributed by atoms with Gasteiger partial charge >= 0.3 is 0 Å². The van der Waals surface area contributed by atoms with E-state index in [9.17, 15) is 9.32 Å². The van der Waals surface area contributed by atoms with E-state index in [1.165, 1.54) is 0 Å². The molecule has 1 unspecified atom stereocenters. The van der Waals surface area contributed by atoms with Crippen molar-refractivity contribution >= 4 is 34.2 Å². The number of nitrogens with zero attached hydrogens (tertiary/aromatic N) is 5. The normalized spacial score (nSPS) is 22.7. The summed E-state index contributed by atoms with van der Waals surface area (Å²) in [6.45, 7) is 1.84. The molecule has 0 bridgehead atoms. The van der Waals surface area contributed by atoms with E-state index < -0.39 is 10.8 Å². The fourth-order valence-electron chi connectivity index (χ4n) is 4.86. The largest absolute Gasteiger partial charge is 0.394 e. The molecule has 3 heterocycles. The molecule has 1 atom stereocenters. The number of hydrogen-bond donors (Lipinski definition) is 2. The first-order valence-electron chi connectivity index (χ1n) is 10.2. The molecular formula is C20H25ClN6O2S. The number of hydrogen-bond acceptors (Lipinski definition) is 8. The van der Waals surface area contributed by atoms with Crippen LogP contribution in [-0.4, -0.2) is 60.7 Å². The molecule has 2 aromatic heterocycles. The molecule has 160 valence electrons. The third-order valence-electron chi connectivity index (χ3n) is 6.75. The van der Waals surface area contributed by atoms with Gasteiger partial charge in [-0.25, -0.2) is 15.0 Å². The second kappa shape index (κ2) is 7.39. The molecule has 30 heavy (non-hydrogen) atoms. The first kappa shape index (κ1) is 20.1. The van der Waals surface area contributed by atoms with Gasteiger partial charge < -0.3 is 15.3 Å². The maximum atomic E-state index is 12.2. The molecule has 5 rings (SSSR count). The lowest BCUT2D eigenvalue weighted by atomic mass is 9.57. The maximum absolute atomic E-state index is 12.2. The summed E-state index contributed by atoms with van der Waals surface area (Å²) >= 11 is 5.88. The number of rotatable bonds is 6. The fraction of sp³-hybridized carbons (Fsp3) is 0.600. The molecule has 0 radical (unpaired) electrons. The highest BCUT2D eigenvalue weighted by molar-refractivity contribution is 7.84. The van der Waals surface area contributed by atoms with E-state index in [0.29, 0.717) is 27.6 Å². The van der Waals surface area contributed by atoms with Crippen LogP contribution in [0.3, 0.4) is 0 Å². The molecule has 0 aromatic carbocycles. The summed E-state index contributed by atoms with van der Waals surface area (Å²) in [5.41, 5.74) is -0.0765. The zero-order valence-electron chi connectivity index (χ0n) is 16.8. The Kier molecular flexibility index (Phi) is 4.95. The monoisotopic (exact) mass is 448 g/mol. The molecule has 2 saturated carbocycles. The lowest BCUT2D eigenvalue weighted by Crippen LogP contribution is -2.62. The van der Waals surface area contributed by atoms with Crippen LogP contribution < -0.4 is 10.2 Å². The second-order valence-electron chi connectivity index (χ2n) is 8.97. The van der Waals surface area contributed by atoms with Crippen molar-refractivity contribution in [2.45, 2.75) is 48.5 Å². The Hall–Kier alpha value is -1.84. The molecule has 3 aliphatic rings. The molecular weight excluding hydrogens is 424 g/mol. The molecule has 2 N–H and O–H groups in total. The number of aliphatic hydroxyl groups excluding tert-OH is 1. The predicted octanol–water partition coefficient (Wildman–Crippen LogP) is 2.37. The van der Waals surface area contributed by atoms with E-state index in [1.807, 2.05) is 0 Å². The Morgan fingerprint density at radius 3 is 2.50 bits per heavy atom. The van der Waals surface area contributed by atoms with E-state index in [0.717, 1.165) is 51.0 Å². The van der Waals surface area contributed by atoms with E-state index in [-0.39, 0.29) is 17.6 Å². The van der Waals surface area contributed by atoms with Crippen molar-refractivity contribution in [3.63, 3.8) is 0 Å². The minimum Gasteiger partial charge on any atom is -0.394 e. The van der Waals surface area contributed by atoms with E-state index in [4.69, 9.17) is 16.6 Å². The van der Waals surface area contributed by atoms with Crippen molar-refractivity contribution in [3.05, 3.63) is 29.4 Å². The Balaban J connectivity index is 1.26. The molecule has 3 fully saturated rings. The van der Waals surface area contributed by atoms with Crippen molar-refractivity contribution in [3.8, 4) is 0 Å². The topological polar surface area (TPSA) is 104 Å². The summed E-state index contributed by atoms with van der Waals surface area (Å²) < 4.78 is 12.2. The van der Waals surface area contributed by atoms with Crippen molar-refractivity contribution in [1.82, 2.24) is 19.9 Å². The third kappa shape index (κ3) is 3.46. The van der Waals surface area contributed by atoms with Crippen LogP contribution in [0.2, 0.25) is 5.02 Å². The number of nitrogens with one attached hydrogen (secondary N) is 1. The molecule has 8 nitrogen and oxygen atoms in total. The van der Waals surface area contributed by atoms with Gasteiger partial charge in [0.15, 0.2) is 0 Å². The number of halogens is 1. The van der Waals surface area contributed by atoms with Gasteiger partial charge in [-0.15, -0.1) is 0 Å². The zero-order valence-corrected chi connectivity index (χ0v) is 18.4. The summed E-state index contributed by atoms with van der Waals surface area (Å²) in [4.78, 5) is 20.6. The van der Waals surface area contributed by atoms with E-state index in [2.05, 4.69) is 25.2 Å². The van der Waals surface area contributed by atoms with Crippen LogP contribution in [0, 0.1) is 5.41 Å². The summed E-state index contributed by atoms with van der Waals surface area (Å²) in [5.74, 6) is 2.48. The SMILES string of the molecule is CS(=O)c1cnc(N2CC3(CC(c4ncc(Cl)cn4)C3)C2)nc1NC1(CO)CCC1. The molecule has 2 aliphatic carbocycles. The third-order valence-corrected chi connectivity index (χ3v) is 7.86. The average molecular weight is 449 g/mol. The highest BCUT2D eigenvalue weighted by atomic mass is 35.5. The van der Waals surface area contributed by atoms with Gasteiger partial charge in [-0.05, 0) is 32.1 Å². The highest BCUT2D eigenvalue weighted by Crippen LogP contribution is 2.55. The highest BCUT2D eigenvalue weighted by Gasteiger charge is 2.54. The summed E-state index contributed by atoms with van der Waals surface area (Å²) in [5, 5.41) is 13.7. The predicted molar refractivity (Wildman–Crippen MR) is 115 cm³/mol.